The summed E-state index contributed by atoms with van der Waals surface area (Å²) in [5, 5.41) is 4.38. The second kappa shape index (κ2) is 6.31. The first-order chi connectivity index (χ1) is 8.29. The summed E-state index contributed by atoms with van der Waals surface area (Å²) < 4.78 is 6.20. The quantitative estimate of drug-likeness (QED) is 0.820. The number of hydrogen-bond donors (Lipinski definition) is 1. The lowest BCUT2D eigenvalue weighted by molar-refractivity contribution is 0.197. The van der Waals surface area contributed by atoms with Crippen molar-refractivity contribution in [3.05, 3.63) is 29.3 Å². The predicted octanol–water partition coefficient (Wildman–Crippen LogP) is 2.64. The smallest absolute Gasteiger partial charge is 0.108 e. The number of benzene rings is 1. The molecule has 2 aromatic rings. The van der Waals surface area contributed by atoms with Gasteiger partial charge in [-0.2, -0.15) is 0 Å². The molecule has 2 rings (SSSR count). The molecule has 0 radical (unpaired) electrons. The SMILES string of the molecule is COCC(Cl)CNCc1nc2ccccc2s1. The van der Waals surface area contributed by atoms with Crippen LogP contribution in [0.3, 0.4) is 0 Å². The Bertz CT molecular complexity index is 441. The molecule has 0 spiro atoms. The van der Waals surface area contributed by atoms with Crippen LogP contribution in [-0.4, -0.2) is 30.6 Å². The van der Waals surface area contributed by atoms with E-state index in [9.17, 15) is 0 Å². The van der Waals surface area contributed by atoms with E-state index in [1.54, 1.807) is 18.4 Å². The summed E-state index contributed by atoms with van der Waals surface area (Å²) in [7, 11) is 1.66. The van der Waals surface area contributed by atoms with Gasteiger partial charge in [-0.15, -0.1) is 22.9 Å². The van der Waals surface area contributed by atoms with Crippen molar-refractivity contribution in [3.63, 3.8) is 0 Å². The largest absolute Gasteiger partial charge is 0.383 e. The number of thiazole rings is 1. The van der Waals surface area contributed by atoms with Crippen LogP contribution < -0.4 is 5.32 Å². The lowest BCUT2D eigenvalue weighted by Gasteiger charge is -2.08. The third-order valence-corrected chi connectivity index (χ3v) is 3.64. The van der Waals surface area contributed by atoms with Crippen LogP contribution in [0, 0.1) is 0 Å². The highest BCUT2D eigenvalue weighted by Crippen LogP contribution is 2.21. The molecule has 3 nitrogen and oxygen atoms in total. The predicted molar refractivity (Wildman–Crippen MR) is 72.8 cm³/mol. The van der Waals surface area contributed by atoms with Gasteiger partial charge >= 0.3 is 0 Å². The highest BCUT2D eigenvalue weighted by molar-refractivity contribution is 7.18. The summed E-state index contributed by atoms with van der Waals surface area (Å²) in [6.07, 6.45) is 0. The van der Waals surface area contributed by atoms with Crippen molar-refractivity contribution >= 4 is 33.2 Å². The van der Waals surface area contributed by atoms with E-state index in [0.717, 1.165) is 23.6 Å². The van der Waals surface area contributed by atoms with Gasteiger partial charge in [0.2, 0.25) is 0 Å². The molecule has 0 amide bonds. The molecule has 1 N–H and O–H groups in total. The zero-order chi connectivity index (χ0) is 12.1. The molecule has 0 bridgehead atoms. The van der Waals surface area contributed by atoms with Gasteiger partial charge in [-0.3, -0.25) is 0 Å². The number of nitrogens with zero attached hydrogens (tertiary/aromatic N) is 1. The van der Waals surface area contributed by atoms with Crippen LogP contribution in [0.1, 0.15) is 5.01 Å². The summed E-state index contributed by atoms with van der Waals surface area (Å²) in [4.78, 5) is 4.54. The third-order valence-electron chi connectivity index (χ3n) is 2.33. The van der Waals surface area contributed by atoms with E-state index in [2.05, 4.69) is 16.4 Å². The van der Waals surface area contributed by atoms with Gasteiger partial charge in [0.05, 0.1) is 22.2 Å². The van der Waals surface area contributed by atoms with Crippen LogP contribution in [0.2, 0.25) is 0 Å². The number of para-hydroxylation sites is 1. The van der Waals surface area contributed by atoms with Crippen molar-refractivity contribution in [3.8, 4) is 0 Å². The van der Waals surface area contributed by atoms with Crippen molar-refractivity contribution in [2.45, 2.75) is 11.9 Å². The van der Waals surface area contributed by atoms with Crippen molar-refractivity contribution in [1.29, 1.82) is 0 Å². The van der Waals surface area contributed by atoms with Gasteiger partial charge in [0.15, 0.2) is 0 Å². The summed E-state index contributed by atoms with van der Waals surface area (Å²) in [5.74, 6) is 0. The first kappa shape index (κ1) is 12.8. The second-order valence-electron chi connectivity index (χ2n) is 3.76. The van der Waals surface area contributed by atoms with Crippen LogP contribution in [0.4, 0.5) is 0 Å². The van der Waals surface area contributed by atoms with E-state index in [0.29, 0.717) is 6.61 Å². The molecule has 0 saturated heterocycles. The molecule has 0 aliphatic heterocycles. The van der Waals surface area contributed by atoms with Crippen LogP contribution in [0.25, 0.3) is 10.2 Å². The Kier molecular flexibility index (Phi) is 4.74. The molecule has 5 heteroatoms. The maximum Gasteiger partial charge on any atom is 0.108 e. The molecule has 1 aromatic heterocycles. The highest BCUT2D eigenvalue weighted by atomic mass is 35.5. The van der Waals surface area contributed by atoms with Gasteiger partial charge in [0, 0.05) is 20.2 Å². The zero-order valence-corrected chi connectivity index (χ0v) is 11.2. The van der Waals surface area contributed by atoms with Crippen LogP contribution in [0.15, 0.2) is 24.3 Å². The number of hydrogen-bond acceptors (Lipinski definition) is 4. The van der Waals surface area contributed by atoms with E-state index in [-0.39, 0.29) is 5.38 Å². The van der Waals surface area contributed by atoms with Gasteiger partial charge in [-0.1, -0.05) is 12.1 Å². The Morgan fingerprint density at radius 1 is 1.47 bits per heavy atom. The summed E-state index contributed by atoms with van der Waals surface area (Å²) in [6.45, 7) is 2.05. The molecule has 17 heavy (non-hydrogen) atoms. The Balaban J connectivity index is 1.86. The van der Waals surface area contributed by atoms with Gasteiger partial charge < -0.3 is 10.1 Å². The first-order valence-corrected chi connectivity index (χ1v) is 6.73. The molecule has 92 valence electrons. The molecule has 1 aromatic carbocycles. The maximum atomic E-state index is 6.02. The lowest BCUT2D eigenvalue weighted by Crippen LogP contribution is -2.25. The topological polar surface area (TPSA) is 34.1 Å². The van der Waals surface area contributed by atoms with E-state index in [4.69, 9.17) is 16.3 Å². The Hall–Kier alpha value is -0.680. The van der Waals surface area contributed by atoms with E-state index < -0.39 is 0 Å². The molecule has 0 aliphatic carbocycles. The number of methoxy groups -OCH3 is 1. The molecule has 0 saturated carbocycles. The van der Waals surface area contributed by atoms with E-state index in [1.807, 2.05) is 18.2 Å². The average molecular weight is 271 g/mol. The van der Waals surface area contributed by atoms with Crippen molar-refractivity contribution < 1.29 is 4.74 Å². The van der Waals surface area contributed by atoms with Gasteiger partial charge in [0.25, 0.3) is 0 Å². The van der Waals surface area contributed by atoms with Crippen LogP contribution in [0.5, 0.6) is 0 Å². The molecule has 0 fully saturated rings. The molecular weight excluding hydrogens is 256 g/mol. The van der Waals surface area contributed by atoms with E-state index in [1.165, 1.54) is 4.70 Å². The number of rotatable bonds is 6. The molecule has 1 heterocycles. The summed E-state index contributed by atoms with van der Waals surface area (Å²) >= 11 is 7.74. The minimum absolute atomic E-state index is 0.00868. The standard InChI is InChI=1S/C12H15ClN2OS/c1-16-8-9(13)6-14-7-12-15-10-4-2-3-5-11(10)17-12/h2-5,9,14H,6-8H2,1H3. The van der Waals surface area contributed by atoms with Crippen LogP contribution >= 0.6 is 22.9 Å². The maximum absolute atomic E-state index is 6.02. The Labute approximate surface area is 110 Å². The number of halogens is 1. The Morgan fingerprint density at radius 3 is 3.06 bits per heavy atom. The summed E-state index contributed by atoms with van der Waals surface area (Å²) in [5.41, 5.74) is 1.06. The van der Waals surface area contributed by atoms with Gasteiger partial charge in [-0.05, 0) is 12.1 Å². The number of ether oxygens (including phenoxy) is 1. The number of nitrogens with one attached hydrogen (secondary N) is 1. The number of fused-ring (bicyclic) bond motifs is 1. The van der Waals surface area contributed by atoms with Gasteiger partial charge in [-0.25, -0.2) is 4.98 Å². The third kappa shape index (κ3) is 3.64. The van der Waals surface area contributed by atoms with Crippen LogP contribution in [-0.2, 0) is 11.3 Å². The molecule has 1 unspecified atom stereocenters. The fourth-order valence-corrected chi connectivity index (χ4v) is 2.74. The Morgan fingerprint density at radius 2 is 2.29 bits per heavy atom. The monoisotopic (exact) mass is 270 g/mol. The number of aromatic nitrogens is 1. The van der Waals surface area contributed by atoms with E-state index >= 15 is 0 Å². The normalized spacial score (nSPS) is 13.1. The molecular formula is C12H15ClN2OS. The summed E-state index contributed by atoms with van der Waals surface area (Å²) in [6, 6.07) is 8.16. The first-order valence-electron chi connectivity index (χ1n) is 5.48. The fourth-order valence-electron chi connectivity index (χ4n) is 1.57. The van der Waals surface area contributed by atoms with Crippen molar-refractivity contribution in [2.75, 3.05) is 20.3 Å². The zero-order valence-electron chi connectivity index (χ0n) is 9.65. The average Bonchev–Trinajstić information content (AvgIpc) is 2.71. The minimum Gasteiger partial charge on any atom is -0.383 e. The van der Waals surface area contributed by atoms with Crippen molar-refractivity contribution in [2.24, 2.45) is 0 Å². The fraction of sp³-hybridized carbons (Fsp3) is 0.417. The van der Waals surface area contributed by atoms with Crippen molar-refractivity contribution in [1.82, 2.24) is 10.3 Å². The second-order valence-corrected chi connectivity index (χ2v) is 5.49. The number of alkyl halides is 1. The minimum atomic E-state index is 0.00868. The molecule has 1 atom stereocenters. The lowest BCUT2D eigenvalue weighted by atomic mass is 10.3. The van der Waals surface area contributed by atoms with Gasteiger partial charge in [0.1, 0.15) is 5.01 Å². The highest BCUT2D eigenvalue weighted by Gasteiger charge is 2.05. The molecule has 0 aliphatic rings.